The second-order valence-electron chi connectivity index (χ2n) is 6.64. The van der Waals surface area contributed by atoms with Gasteiger partial charge in [-0.2, -0.15) is 4.99 Å². The van der Waals surface area contributed by atoms with E-state index in [0.717, 1.165) is 5.69 Å². The summed E-state index contributed by atoms with van der Waals surface area (Å²) in [7, 11) is -1.61. The number of carbonyl (C=O) groups is 1. The fraction of sp³-hybridized carbons (Fsp3) is 0.529. The molecule has 3 rings (SSSR count). The molecule has 0 N–H and O–H groups in total. The number of rotatable bonds is 4. The van der Waals surface area contributed by atoms with Gasteiger partial charge in [-0.3, -0.25) is 4.79 Å². The highest BCUT2D eigenvalue weighted by Crippen LogP contribution is 2.41. The van der Waals surface area contributed by atoms with Gasteiger partial charge >= 0.3 is 0 Å². The van der Waals surface area contributed by atoms with Gasteiger partial charge in [0.15, 0.2) is 15.0 Å². The number of nitrogens with zero attached hydrogens (tertiary/aromatic N) is 2. The van der Waals surface area contributed by atoms with Crippen LogP contribution in [0, 0.1) is 0 Å². The standard InChI is InChI=1S/C17H22N2O4S2/c1-11(2)12-4-6-13(7-5-12)19-14-9-25(21,22)10-15(14)24-17(19)18-16(20)8-23-3/h4-7,11,14-15H,8-10H2,1-3H3/t14-,15-/m1/s1. The molecule has 25 heavy (non-hydrogen) atoms. The van der Waals surface area contributed by atoms with Crippen molar-refractivity contribution in [3.63, 3.8) is 0 Å². The normalized spacial score (nSPS) is 26.4. The van der Waals surface area contributed by atoms with E-state index in [9.17, 15) is 13.2 Å². The average Bonchev–Trinajstić information content (AvgIpc) is 2.98. The monoisotopic (exact) mass is 382 g/mol. The molecule has 2 atom stereocenters. The van der Waals surface area contributed by atoms with Gasteiger partial charge in [0.25, 0.3) is 5.91 Å². The molecular formula is C17H22N2O4S2. The summed E-state index contributed by atoms with van der Waals surface area (Å²) in [5.74, 6) is 0.267. The Labute approximate surface area is 152 Å². The molecule has 0 spiro atoms. The van der Waals surface area contributed by atoms with Gasteiger partial charge in [0.2, 0.25) is 0 Å². The highest BCUT2D eigenvalue weighted by atomic mass is 32.2. The maximum atomic E-state index is 12.0. The summed E-state index contributed by atoms with van der Waals surface area (Å²) in [5.41, 5.74) is 2.07. The molecule has 0 unspecified atom stereocenters. The van der Waals surface area contributed by atoms with E-state index in [1.807, 2.05) is 29.2 Å². The first-order valence-corrected chi connectivity index (χ1v) is 10.9. The highest BCUT2D eigenvalue weighted by molar-refractivity contribution is 8.16. The zero-order chi connectivity index (χ0) is 18.2. The molecule has 2 aliphatic rings. The van der Waals surface area contributed by atoms with E-state index in [2.05, 4.69) is 18.8 Å². The van der Waals surface area contributed by atoms with E-state index in [0.29, 0.717) is 11.1 Å². The van der Waals surface area contributed by atoms with Crippen molar-refractivity contribution in [1.82, 2.24) is 0 Å². The third-order valence-electron chi connectivity index (χ3n) is 4.39. The molecule has 8 heteroatoms. The number of methoxy groups -OCH3 is 1. The van der Waals surface area contributed by atoms with Crippen LogP contribution in [0.2, 0.25) is 0 Å². The molecule has 1 aromatic carbocycles. The lowest BCUT2D eigenvalue weighted by Gasteiger charge is -2.25. The minimum Gasteiger partial charge on any atom is -0.375 e. The van der Waals surface area contributed by atoms with Crippen molar-refractivity contribution in [1.29, 1.82) is 0 Å². The second-order valence-corrected chi connectivity index (χ2v) is 10.00. The van der Waals surface area contributed by atoms with Crippen LogP contribution in [-0.4, -0.2) is 56.0 Å². The number of ether oxygens (including phenoxy) is 1. The molecule has 2 saturated heterocycles. The molecule has 1 aromatic rings. The van der Waals surface area contributed by atoms with Crippen LogP contribution in [0.15, 0.2) is 29.3 Å². The van der Waals surface area contributed by atoms with Crippen molar-refractivity contribution in [3.8, 4) is 0 Å². The minimum atomic E-state index is -3.06. The van der Waals surface area contributed by atoms with Crippen molar-refractivity contribution in [2.24, 2.45) is 4.99 Å². The molecule has 2 heterocycles. The fourth-order valence-electron chi connectivity index (χ4n) is 3.15. The maximum Gasteiger partial charge on any atom is 0.274 e. The lowest BCUT2D eigenvalue weighted by molar-refractivity contribution is -0.121. The van der Waals surface area contributed by atoms with Gasteiger partial charge in [-0.05, 0) is 23.6 Å². The number of thioether (sulfide) groups is 1. The predicted molar refractivity (Wildman–Crippen MR) is 101 cm³/mol. The summed E-state index contributed by atoms with van der Waals surface area (Å²) >= 11 is 1.37. The Kier molecular flexibility index (Phi) is 5.22. The van der Waals surface area contributed by atoms with Crippen LogP contribution < -0.4 is 4.90 Å². The number of fused-ring (bicyclic) bond motifs is 1. The van der Waals surface area contributed by atoms with Gasteiger partial charge < -0.3 is 9.64 Å². The predicted octanol–water partition coefficient (Wildman–Crippen LogP) is 2.06. The summed E-state index contributed by atoms with van der Waals surface area (Å²) in [5, 5.41) is 0.466. The lowest BCUT2D eigenvalue weighted by Crippen LogP contribution is -2.37. The topological polar surface area (TPSA) is 76.0 Å². The van der Waals surface area contributed by atoms with E-state index >= 15 is 0 Å². The number of hydrogen-bond donors (Lipinski definition) is 0. The van der Waals surface area contributed by atoms with Crippen LogP contribution in [0.25, 0.3) is 0 Å². The molecule has 136 valence electrons. The van der Waals surface area contributed by atoms with E-state index in [4.69, 9.17) is 4.74 Å². The first kappa shape index (κ1) is 18.4. The summed E-state index contributed by atoms with van der Waals surface area (Å²) in [6.45, 7) is 4.16. The van der Waals surface area contributed by atoms with Crippen LogP contribution in [0.4, 0.5) is 5.69 Å². The van der Waals surface area contributed by atoms with Crippen molar-refractivity contribution in [2.45, 2.75) is 31.1 Å². The summed E-state index contributed by atoms with van der Waals surface area (Å²) in [6, 6.07) is 7.83. The van der Waals surface area contributed by atoms with Crippen molar-refractivity contribution < 1.29 is 17.9 Å². The summed E-state index contributed by atoms with van der Waals surface area (Å²) in [4.78, 5) is 18.0. The number of amidine groups is 1. The Bertz CT molecular complexity index is 787. The number of anilines is 1. The van der Waals surface area contributed by atoms with Crippen molar-refractivity contribution >= 4 is 38.4 Å². The average molecular weight is 383 g/mol. The number of benzene rings is 1. The Balaban J connectivity index is 1.96. The summed E-state index contributed by atoms with van der Waals surface area (Å²) < 4.78 is 28.9. The molecule has 0 bridgehead atoms. The van der Waals surface area contributed by atoms with Gasteiger partial charge in [0.05, 0.1) is 17.5 Å². The van der Waals surface area contributed by atoms with Crippen LogP contribution in [0.5, 0.6) is 0 Å². The third-order valence-corrected chi connectivity index (χ3v) is 7.60. The Morgan fingerprint density at radius 3 is 2.60 bits per heavy atom. The molecule has 0 radical (unpaired) electrons. The Morgan fingerprint density at radius 2 is 2.00 bits per heavy atom. The lowest BCUT2D eigenvalue weighted by atomic mass is 10.0. The smallest absolute Gasteiger partial charge is 0.274 e. The van der Waals surface area contributed by atoms with E-state index in [1.165, 1.54) is 24.4 Å². The number of aliphatic imine (C=N–C) groups is 1. The largest absolute Gasteiger partial charge is 0.375 e. The minimum absolute atomic E-state index is 0.0855. The number of carbonyl (C=O) groups excluding carboxylic acids is 1. The third kappa shape index (κ3) is 3.91. The van der Waals surface area contributed by atoms with Crippen LogP contribution in [0.1, 0.15) is 25.3 Å². The van der Waals surface area contributed by atoms with Gasteiger partial charge in [-0.25, -0.2) is 8.42 Å². The quantitative estimate of drug-likeness (QED) is 0.793. The fourth-order valence-corrected chi connectivity index (χ4v) is 7.08. The van der Waals surface area contributed by atoms with Gasteiger partial charge in [0.1, 0.15) is 6.61 Å². The molecule has 0 aliphatic carbocycles. The first-order chi connectivity index (χ1) is 11.8. The molecule has 1 amide bonds. The molecule has 6 nitrogen and oxygen atoms in total. The second kappa shape index (κ2) is 7.09. The first-order valence-electron chi connectivity index (χ1n) is 8.17. The van der Waals surface area contributed by atoms with E-state index in [1.54, 1.807) is 0 Å². The van der Waals surface area contributed by atoms with E-state index < -0.39 is 9.84 Å². The van der Waals surface area contributed by atoms with E-state index in [-0.39, 0.29) is 35.3 Å². The van der Waals surface area contributed by atoms with Gasteiger partial charge in [-0.1, -0.05) is 37.7 Å². The number of amides is 1. The number of hydrogen-bond acceptors (Lipinski definition) is 5. The Hall–Kier alpha value is -1.38. The molecule has 0 saturated carbocycles. The summed E-state index contributed by atoms with van der Waals surface area (Å²) in [6.07, 6.45) is 0. The number of sulfone groups is 1. The molecule has 2 aliphatic heterocycles. The van der Waals surface area contributed by atoms with Crippen LogP contribution >= 0.6 is 11.8 Å². The Morgan fingerprint density at radius 1 is 1.32 bits per heavy atom. The van der Waals surface area contributed by atoms with Crippen molar-refractivity contribution in [3.05, 3.63) is 29.8 Å². The SMILES string of the molecule is COCC(=O)N=C1S[C@@H]2CS(=O)(=O)C[C@H]2N1c1ccc(C(C)C)cc1. The van der Waals surface area contributed by atoms with Gasteiger partial charge in [0, 0.05) is 18.0 Å². The van der Waals surface area contributed by atoms with Crippen molar-refractivity contribution in [2.75, 3.05) is 30.1 Å². The maximum absolute atomic E-state index is 12.0. The van der Waals surface area contributed by atoms with Crippen LogP contribution in [0.3, 0.4) is 0 Å². The highest BCUT2D eigenvalue weighted by Gasteiger charge is 2.49. The zero-order valence-electron chi connectivity index (χ0n) is 14.5. The molecule has 0 aromatic heterocycles. The van der Waals surface area contributed by atoms with Crippen LogP contribution in [-0.2, 0) is 19.4 Å². The molecule has 2 fully saturated rings. The molecular weight excluding hydrogens is 360 g/mol. The zero-order valence-corrected chi connectivity index (χ0v) is 16.1. The van der Waals surface area contributed by atoms with Gasteiger partial charge in [-0.15, -0.1) is 0 Å².